The second kappa shape index (κ2) is 9.69. The van der Waals surface area contributed by atoms with Gasteiger partial charge in [-0.05, 0) is 57.1 Å². The lowest BCUT2D eigenvalue weighted by atomic mass is 9.73. The van der Waals surface area contributed by atoms with E-state index in [1.54, 1.807) is 0 Å². The van der Waals surface area contributed by atoms with Crippen molar-refractivity contribution in [1.82, 2.24) is 4.72 Å². The molecule has 0 saturated heterocycles. The standard InChI is InChI=1S/C23H33NO5S/c1-6-7-8-9-17-13-20(26)21(19-12-15(4)10-11-18(19)14(2)3)22(27)23(17)30(28,29)24-16(5)25/h12-13,18-19,26-27H,2,6-11H2,1,3-5H3,(H,24,25). The number of sulfonamides is 1. The Balaban J connectivity index is 2.74. The summed E-state index contributed by atoms with van der Waals surface area (Å²) < 4.78 is 27.8. The molecule has 2 atom stereocenters. The van der Waals surface area contributed by atoms with Crippen LogP contribution >= 0.6 is 0 Å². The van der Waals surface area contributed by atoms with E-state index in [1.807, 2.05) is 31.6 Å². The molecule has 166 valence electrons. The van der Waals surface area contributed by atoms with E-state index in [1.165, 1.54) is 6.07 Å². The third kappa shape index (κ3) is 5.25. The number of benzene rings is 1. The van der Waals surface area contributed by atoms with Crippen LogP contribution in [0.25, 0.3) is 0 Å². The SMILES string of the molecule is C=C(C)C1CCC(C)=CC1c1c(O)cc(CCCCC)c(S(=O)(=O)NC(C)=O)c1O. The first kappa shape index (κ1) is 24.0. The van der Waals surface area contributed by atoms with Crippen LogP contribution in [0.2, 0.25) is 0 Å². The highest BCUT2D eigenvalue weighted by Crippen LogP contribution is 2.49. The molecule has 0 saturated carbocycles. The highest BCUT2D eigenvalue weighted by molar-refractivity contribution is 7.90. The minimum absolute atomic E-state index is 0.0345. The van der Waals surface area contributed by atoms with Crippen molar-refractivity contribution in [2.75, 3.05) is 0 Å². The number of unbranched alkanes of at least 4 members (excludes halogenated alkanes) is 2. The van der Waals surface area contributed by atoms with Crippen molar-refractivity contribution in [3.63, 3.8) is 0 Å². The predicted molar refractivity (Wildman–Crippen MR) is 118 cm³/mol. The van der Waals surface area contributed by atoms with Crippen LogP contribution in [-0.2, 0) is 21.2 Å². The first-order valence-electron chi connectivity index (χ1n) is 10.4. The molecular weight excluding hydrogens is 402 g/mol. The van der Waals surface area contributed by atoms with Crippen molar-refractivity contribution in [3.8, 4) is 11.5 Å². The molecule has 0 aromatic heterocycles. The maximum atomic E-state index is 12.9. The number of rotatable bonds is 8. The molecule has 0 aliphatic heterocycles. The highest BCUT2D eigenvalue weighted by atomic mass is 32.2. The number of allylic oxidation sites excluding steroid dienone is 3. The van der Waals surface area contributed by atoms with E-state index in [0.717, 1.165) is 43.8 Å². The average molecular weight is 436 g/mol. The average Bonchev–Trinajstić information content (AvgIpc) is 2.60. The monoisotopic (exact) mass is 435 g/mol. The van der Waals surface area contributed by atoms with Gasteiger partial charge in [0.15, 0.2) is 0 Å². The van der Waals surface area contributed by atoms with Gasteiger partial charge in [-0.15, -0.1) is 0 Å². The van der Waals surface area contributed by atoms with Crippen LogP contribution in [0.4, 0.5) is 0 Å². The molecule has 3 N–H and O–H groups in total. The smallest absolute Gasteiger partial charge is 0.268 e. The van der Waals surface area contributed by atoms with E-state index in [0.29, 0.717) is 18.4 Å². The van der Waals surface area contributed by atoms with Crippen molar-refractivity contribution in [3.05, 3.63) is 41.0 Å². The largest absolute Gasteiger partial charge is 0.507 e. The second-order valence-electron chi connectivity index (χ2n) is 8.30. The van der Waals surface area contributed by atoms with Crippen LogP contribution < -0.4 is 4.72 Å². The van der Waals surface area contributed by atoms with Gasteiger partial charge in [-0.25, -0.2) is 13.1 Å². The number of carbonyl (C=O) groups is 1. The molecule has 6 nitrogen and oxygen atoms in total. The summed E-state index contributed by atoms with van der Waals surface area (Å²) in [6, 6.07) is 1.42. The molecule has 0 spiro atoms. The Kier molecular flexibility index (Phi) is 7.75. The summed E-state index contributed by atoms with van der Waals surface area (Å²) in [4.78, 5) is 11.2. The zero-order chi connectivity index (χ0) is 22.6. The van der Waals surface area contributed by atoms with Gasteiger partial charge in [0.25, 0.3) is 10.0 Å². The van der Waals surface area contributed by atoms with Gasteiger partial charge in [0.2, 0.25) is 5.91 Å². The maximum absolute atomic E-state index is 12.9. The van der Waals surface area contributed by atoms with E-state index < -0.39 is 27.6 Å². The van der Waals surface area contributed by atoms with E-state index in [9.17, 15) is 23.4 Å². The van der Waals surface area contributed by atoms with Crippen LogP contribution in [-0.4, -0.2) is 24.5 Å². The molecule has 30 heavy (non-hydrogen) atoms. The Morgan fingerprint density at radius 2 is 1.93 bits per heavy atom. The minimum Gasteiger partial charge on any atom is -0.507 e. The van der Waals surface area contributed by atoms with Crippen LogP contribution in [0.15, 0.2) is 34.8 Å². The van der Waals surface area contributed by atoms with Gasteiger partial charge >= 0.3 is 0 Å². The molecular formula is C23H33NO5S. The number of amides is 1. The zero-order valence-corrected chi connectivity index (χ0v) is 19.1. The Morgan fingerprint density at radius 3 is 2.50 bits per heavy atom. The molecule has 0 bridgehead atoms. The molecule has 0 radical (unpaired) electrons. The molecule has 0 fully saturated rings. The fraction of sp³-hybridized carbons (Fsp3) is 0.522. The third-order valence-electron chi connectivity index (χ3n) is 5.66. The Labute approximate surface area is 179 Å². The van der Waals surface area contributed by atoms with Crippen molar-refractivity contribution in [1.29, 1.82) is 0 Å². The lowest BCUT2D eigenvalue weighted by molar-refractivity contribution is -0.117. The van der Waals surface area contributed by atoms with E-state index in [4.69, 9.17) is 0 Å². The third-order valence-corrected chi connectivity index (χ3v) is 7.21. The number of nitrogens with one attached hydrogen (secondary N) is 1. The summed E-state index contributed by atoms with van der Waals surface area (Å²) in [5.41, 5.74) is 2.49. The summed E-state index contributed by atoms with van der Waals surface area (Å²) in [6.07, 6.45) is 6.53. The summed E-state index contributed by atoms with van der Waals surface area (Å²) in [5, 5.41) is 22.0. The Hall–Kier alpha value is -2.28. The quantitative estimate of drug-likeness (QED) is 0.407. The summed E-state index contributed by atoms with van der Waals surface area (Å²) in [7, 11) is -4.29. The normalized spacial score (nSPS) is 19.3. The van der Waals surface area contributed by atoms with Crippen LogP contribution in [0, 0.1) is 5.92 Å². The number of aromatic hydroxyl groups is 2. The van der Waals surface area contributed by atoms with Crippen molar-refractivity contribution < 1.29 is 23.4 Å². The number of phenols is 2. The number of phenolic OH excluding ortho intramolecular Hbond substituents is 2. The fourth-order valence-electron chi connectivity index (χ4n) is 4.23. The van der Waals surface area contributed by atoms with E-state index in [2.05, 4.69) is 6.58 Å². The number of hydrogen-bond acceptors (Lipinski definition) is 5. The predicted octanol–water partition coefficient (Wildman–Crippen LogP) is 4.67. The van der Waals surface area contributed by atoms with Gasteiger partial charge in [-0.2, -0.15) is 0 Å². The summed E-state index contributed by atoms with van der Waals surface area (Å²) >= 11 is 0. The Morgan fingerprint density at radius 1 is 1.27 bits per heavy atom. The maximum Gasteiger partial charge on any atom is 0.268 e. The number of carbonyl (C=O) groups excluding carboxylic acids is 1. The summed E-state index contributed by atoms with van der Waals surface area (Å²) in [6.45, 7) is 11.1. The van der Waals surface area contributed by atoms with Crippen molar-refractivity contribution >= 4 is 15.9 Å². The van der Waals surface area contributed by atoms with E-state index >= 15 is 0 Å². The molecule has 1 amide bonds. The molecule has 2 unspecified atom stereocenters. The minimum atomic E-state index is -4.29. The van der Waals surface area contributed by atoms with Gasteiger partial charge in [0.1, 0.15) is 16.4 Å². The zero-order valence-electron chi connectivity index (χ0n) is 18.3. The topological polar surface area (TPSA) is 104 Å². The highest BCUT2D eigenvalue weighted by Gasteiger charge is 2.35. The molecule has 1 aliphatic carbocycles. The van der Waals surface area contributed by atoms with Gasteiger partial charge in [0, 0.05) is 18.4 Å². The van der Waals surface area contributed by atoms with Gasteiger partial charge < -0.3 is 10.2 Å². The van der Waals surface area contributed by atoms with E-state index in [-0.39, 0.29) is 22.1 Å². The van der Waals surface area contributed by atoms with Gasteiger partial charge in [-0.3, -0.25) is 4.79 Å². The second-order valence-corrected chi connectivity index (χ2v) is 9.91. The molecule has 7 heteroatoms. The Bertz CT molecular complexity index is 962. The first-order chi connectivity index (χ1) is 14.0. The number of aryl methyl sites for hydroxylation is 1. The molecule has 0 heterocycles. The summed E-state index contributed by atoms with van der Waals surface area (Å²) in [5.74, 6) is -1.79. The number of hydrogen-bond donors (Lipinski definition) is 3. The van der Waals surface area contributed by atoms with Crippen LogP contribution in [0.5, 0.6) is 11.5 Å². The lowest BCUT2D eigenvalue weighted by Gasteiger charge is -2.32. The van der Waals surface area contributed by atoms with Gasteiger partial charge in [0.05, 0.1) is 0 Å². The first-order valence-corrected chi connectivity index (χ1v) is 11.9. The molecule has 1 aromatic carbocycles. The fourth-order valence-corrected chi connectivity index (χ4v) is 5.58. The van der Waals surface area contributed by atoms with Gasteiger partial charge in [-0.1, -0.05) is 43.6 Å². The van der Waals surface area contributed by atoms with Crippen molar-refractivity contribution in [2.45, 2.75) is 77.0 Å². The van der Waals surface area contributed by atoms with Crippen LogP contribution in [0.3, 0.4) is 0 Å². The molecule has 2 rings (SSSR count). The lowest BCUT2D eigenvalue weighted by Crippen LogP contribution is -2.29. The molecule has 1 aliphatic rings. The molecule has 1 aromatic rings. The van der Waals surface area contributed by atoms with Crippen LogP contribution in [0.1, 0.15) is 76.8 Å². The van der Waals surface area contributed by atoms with Crippen molar-refractivity contribution in [2.24, 2.45) is 5.92 Å².